The van der Waals surface area contributed by atoms with Gasteiger partial charge in [0.15, 0.2) is 31.0 Å². The Kier molecular flexibility index (Phi) is 24.1. The maximum atomic E-state index is 8.36. The SMILES string of the molecule is Cc1ccc(-c2cc(C)c(CC(C)C)c[n+]2C)c(C)c1.Cc1ccc(-c2ccc(C(C)(C)C)c[n+]2C)c(C)c1.Cc1ccccc1-c1cc(CC(C)C)c(CC(C)C)c[n+]1C.[2H]C([2H])([2H])c1ccc(-c2cc(C)c(C([2H])([2H])C(C)C)c[n+]2C)c(C)c1.[2H]C([2H])([2H])c1ccc(-c2ccc(C([2H])(C)C)c[n+]2C)c(C)c1. The number of rotatable bonds is 14. The van der Waals surface area contributed by atoms with Crippen LogP contribution in [0.4, 0.5) is 0 Å². The van der Waals surface area contributed by atoms with Gasteiger partial charge in [0.2, 0.25) is 28.5 Å². The Labute approximate surface area is 615 Å². The normalized spacial score (nSPS) is 13.1. The molecule has 0 aliphatic heterocycles. The van der Waals surface area contributed by atoms with Crippen LogP contribution in [0.25, 0.3) is 56.3 Å². The second-order valence-electron chi connectivity index (χ2n) is 30.8. The van der Waals surface area contributed by atoms with E-state index in [1.165, 1.54) is 89.4 Å². The van der Waals surface area contributed by atoms with Crippen LogP contribution in [-0.2, 0) is 66.3 Å². The molecular weight excluding hydrogens is 1200 g/mol. The van der Waals surface area contributed by atoms with Gasteiger partial charge in [-0.2, -0.15) is 0 Å². The molecule has 5 aromatic heterocycles. The van der Waals surface area contributed by atoms with E-state index in [9.17, 15) is 0 Å². The molecule has 5 aromatic carbocycles. The Hall–Kier alpha value is -8.15. The molecule has 0 atom stereocenters. The van der Waals surface area contributed by atoms with Crippen molar-refractivity contribution in [2.75, 3.05) is 0 Å². The topological polar surface area (TPSA) is 19.4 Å². The van der Waals surface area contributed by atoms with E-state index in [4.69, 9.17) is 12.3 Å². The van der Waals surface area contributed by atoms with Crippen LogP contribution in [0.1, 0.15) is 203 Å². The van der Waals surface area contributed by atoms with Crippen LogP contribution in [0.3, 0.4) is 0 Å². The summed E-state index contributed by atoms with van der Waals surface area (Å²) in [7, 11) is 10.3. The molecular formula is C94H128N5+5. The summed E-state index contributed by atoms with van der Waals surface area (Å²) in [5.74, 6) is 1.30. The first-order chi connectivity index (χ1) is 49.9. The first-order valence-electron chi connectivity index (χ1n) is 40.4. The number of hydrogen-bond donors (Lipinski definition) is 0. The average Bonchev–Trinajstić information content (AvgIpc) is 0.791. The molecule has 5 heteroatoms. The van der Waals surface area contributed by atoms with Gasteiger partial charge < -0.3 is 0 Å². The number of aromatic nitrogens is 5. The van der Waals surface area contributed by atoms with E-state index in [-0.39, 0.29) is 11.3 Å². The molecule has 0 spiro atoms. The second kappa shape index (κ2) is 35.8. The Balaban J connectivity index is 0.000000212. The molecule has 10 rings (SSSR count). The van der Waals surface area contributed by atoms with Crippen LogP contribution in [0.2, 0.25) is 0 Å². The van der Waals surface area contributed by atoms with Gasteiger partial charge in [-0.05, 0) is 224 Å². The van der Waals surface area contributed by atoms with Crippen molar-refractivity contribution in [1.29, 1.82) is 0 Å². The lowest BCUT2D eigenvalue weighted by molar-refractivity contribution is -0.661. The van der Waals surface area contributed by atoms with Gasteiger partial charge in [0.25, 0.3) is 0 Å². The van der Waals surface area contributed by atoms with Crippen LogP contribution < -0.4 is 22.8 Å². The molecule has 0 amide bonds. The number of aryl methyl sites for hydroxylation is 16. The molecule has 0 aliphatic carbocycles. The van der Waals surface area contributed by atoms with Crippen molar-refractivity contribution in [3.05, 3.63) is 265 Å². The summed E-state index contributed by atoms with van der Waals surface area (Å²) in [6.45, 7) is 42.6. The van der Waals surface area contributed by atoms with Gasteiger partial charge in [-0.25, -0.2) is 22.8 Å². The Morgan fingerprint density at radius 2 is 0.697 bits per heavy atom. The minimum Gasteiger partial charge on any atom is -0.201 e. The zero-order chi connectivity index (χ0) is 81.2. The smallest absolute Gasteiger partial charge is 0.201 e. The first kappa shape index (κ1) is 66.7. The number of hydrogen-bond acceptors (Lipinski definition) is 0. The molecule has 10 aromatic rings. The van der Waals surface area contributed by atoms with Crippen molar-refractivity contribution in [1.82, 2.24) is 0 Å². The van der Waals surface area contributed by atoms with E-state index >= 15 is 0 Å². The summed E-state index contributed by atoms with van der Waals surface area (Å²) in [6, 6.07) is 47.6. The summed E-state index contributed by atoms with van der Waals surface area (Å²) < 4.78 is 80.6. The van der Waals surface area contributed by atoms with Gasteiger partial charge in [-0.15, -0.1) is 0 Å². The monoisotopic (exact) mass is 1340 g/mol. The first-order valence-corrected chi connectivity index (χ1v) is 35.9. The quantitative estimate of drug-likeness (QED) is 0.0967. The zero-order valence-corrected chi connectivity index (χ0v) is 65.8. The van der Waals surface area contributed by atoms with Crippen molar-refractivity contribution < 1.29 is 35.2 Å². The minimum atomic E-state index is -2.11. The van der Waals surface area contributed by atoms with Gasteiger partial charge in [0, 0.05) is 98.3 Å². The highest BCUT2D eigenvalue weighted by atomic mass is 14.9. The Morgan fingerprint density at radius 1 is 0.333 bits per heavy atom. The Morgan fingerprint density at radius 3 is 1.11 bits per heavy atom. The number of pyridine rings is 5. The van der Waals surface area contributed by atoms with E-state index in [0.717, 1.165) is 64.0 Å². The van der Waals surface area contributed by atoms with Gasteiger partial charge in [-0.3, -0.25) is 0 Å². The van der Waals surface area contributed by atoms with Gasteiger partial charge in [-0.1, -0.05) is 179 Å². The summed E-state index contributed by atoms with van der Waals surface area (Å²) in [6.07, 6.45) is 12.7. The van der Waals surface area contributed by atoms with Crippen molar-refractivity contribution in [2.45, 2.75) is 203 Å². The van der Waals surface area contributed by atoms with Gasteiger partial charge in [0.1, 0.15) is 35.2 Å². The minimum absolute atomic E-state index is 0.127. The highest BCUT2D eigenvalue weighted by Gasteiger charge is 2.23. The molecule has 0 aliphatic rings. The lowest BCUT2D eigenvalue weighted by Crippen LogP contribution is -2.33. The van der Waals surface area contributed by atoms with Crippen molar-refractivity contribution in [2.24, 2.45) is 58.9 Å². The van der Waals surface area contributed by atoms with Crippen LogP contribution in [-0.4, -0.2) is 0 Å². The molecule has 0 N–H and O–H groups in total. The van der Waals surface area contributed by atoms with Gasteiger partial charge in [0.05, 0.1) is 0 Å². The third kappa shape index (κ3) is 22.7. The molecule has 5 heterocycles. The molecule has 0 saturated carbocycles. The molecule has 5 nitrogen and oxygen atoms in total. The van der Waals surface area contributed by atoms with Crippen LogP contribution >= 0.6 is 0 Å². The third-order valence-electron chi connectivity index (χ3n) is 18.3. The van der Waals surface area contributed by atoms with Crippen molar-refractivity contribution >= 4 is 0 Å². The predicted octanol–water partition coefficient (Wildman–Crippen LogP) is 21.5. The number of nitrogens with zero attached hydrogens (tertiary/aromatic N) is 5. The molecule has 99 heavy (non-hydrogen) atoms. The van der Waals surface area contributed by atoms with Gasteiger partial charge >= 0.3 is 0 Å². The maximum Gasteiger partial charge on any atom is 0.212 e. The number of benzene rings is 5. The molecule has 0 unspecified atom stereocenters. The fourth-order valence-corrected chi connectivity index (χ4v) is 13.0. The lowest BCUT2D eigenvalue weighted by Gasteiger charge is -2.17. The zero-order valence-electron chi connectivity index (χ0n) is 74.8. The average molecular weight is 1340 g/mol. The lowest BCUT2D eigenvalue weighted by atomic mass is 9.88. The molecule has 0 radical (unpaired) electrons. The largest absolute Gasteiger partial charge is 0.212 e. The van der Waals surface area contributed by atoms with Crippen LogP contribution in [0.15, 0.2) is 171 Å². The summed E-state index contributed by atoms with van der Waals surface area (Å²) in [5, 5.41) is 0. The maximum absolute atomic E-state index is 8.36. The molecule has 0 bridgehead atoms. The summed E-state index contributed by atoms with van der Waals surface area (Å²) in [4.78, 5) is 0. The van der Waals surface area contributed by atoms with E-state index in [0.29, 0.717) is 34.4 Å². The third-order valence-corrected chi connectivity index (χ3v) is 18.3. The van der Waals surface area contributed by atoms with Crippen molar-refractivity contribution in [3.63, 3.8) is 0 Å². The molecule has 524 valence electrons. The van der Waals surface area contributed by atoms with E-state index in [1.54, 1.807) is 24.3 Å². The standard InChI is InChI=1S/C21H30N.2C19H26N.C18H24N.C17H22N/c1-15(2)11-18-13-21(20-10-8-7-9-17(20)5)22(6)14-19(18)12-16(3)4;2*1-13(2)9-17-12-20(6)19(11-15(17)4)18-8-7-14(3)10-16(18)5;1-13-7-9-16(14(2)11-13)17-10-8-15(12-19(17)6)18(3,4)5;1-12(2)15-7-9-17(18(5)11-15)16-8-6-13(3)10-14(16)4/h7-10,13-16H,11-12H2,1-6H3;2*7-8,10-13H,9H2,1-6H3;7-12H,1-6H3;6-12H,1-5H3/q5*+1/i;3D3,9D2;;;3D3,12D. The Bertz CT molecular complexity index is 4690. The second-order valence-corrected chi connectivity index (χ2v) is 30.8. The summed E-state index contributed by atoms with van der Waals surface area (Å²) >= 11 is 0. The van der Waals surface area contributed by atoms with Crippen molar-refractivity contribution in [3.8, 4) is 56.3 Å². The fourth-order valence-electron chi connectivity index (χ4n) is 13.0. The fraction of sp³-hybridized carbons (Fsp3) is 0.415. The highest BCUT2D eigenvalue weighted by molar-refractivity contribution is 5.66. The highest BCUT2D eigenvalue weighted by Crippen LogP contribution is 2.30. The molecule has 0 saturated heterocycles. The molecule has 0 fully saturated rings. The predicted molar refractivity (Wildman–Crippen MR) is 424 cm³/mol. The summed E-state index contributed by atoms with van der Waals surface area (Å²) in [5.41, 5.74) is 30.9. The van der Waals surface area contributed by atoms with E-state index < -0.39 is 26.0 Å². The van der Waals surface area contributed by atoms with Crippen LogP contribution in [0, 0.1) is 99.7 Å². The van der Waals surface area contributed by atoms with E-state index in [1.807, 2.05) is 114 Å². The van der Waals surface area contributed by atoms with E-state index in [2.05, 4.69) is 242 Å². The van der Waals surface area contributed by atoms with Crippen LogP contribution in [0.5, 0.6) is 0 Å².